The van der Waals surface area contributed by atoms with Gasteiger partial charge in [-0.2, -0.15) is 5.10 Å². The number of nitrogens with one attached hydrogen (secondary N) is 2. The van der Waals surface area contributed by atoms with E-state index in [4.69, 9.17) is 0 Å². The van der Waals surface area contributed by atoms with Crippen molar-refractivity contribution in [3.05, 3.63) is 89.7 Å². The van der Waals surface area contributed by atoms with Crippen molar-refractivity contribution in [2.75, 3.05) is 0 Å². The van der Waals surface area contributed by atoms with Crippen LogP contribution in [0.2, 0.25) is 0 Å². The van der Waals surface area contributed by atoms with E-state index in [2.05, 4.69) is 20.9 Å². The van der Waals surface area contributed by atoms with Crippen LogP contribution in [-0.4, -0.2) is 26.4 Å². The molecule has 0 aliphatic rings. The minimum Gasteiger partial charge on any atom is -0.267 e. The average Bonchev–Trinajstić information content (AvgIpc) is 3.22. The van der Waals surface area contributed by atoms with Crippen molar-refractivity contribution in [3.63, 3.8) is 0 Å². The van der Waals surface area contributed by atoms with E-state index in [1.165, 1.54) is 6.20 Å². The molecule has 0 spiro atoms. The maximum absolute atomic E-state index is 12.6. The Labute approximate surface area is 167 Å². The lowest BCUT2D eigenvalue weighted by molar-refractivity contribution is 0.0847. The summed E-state index contributed by atoms with van der Waals surface area (Å²) >= 11 is 0. The predicted octanol–water partition coefficient (Wildman–Crippen LogP) is 3.03. The molecule has 0 unspecified atom stereocenters. The second kappa shape index (κ2) is 7.93. The van der Waals surface area contributed by atoms with Crippen LogP contribution in [0.15, 0.2) is 73.1 Å². The molecule has 29 heavy (non-hydrogen) atoms. The summed E-state index contributed by atoms with van der Waals surface area (Å²) in [6.45, 7) is 2.04. The molecule has 2 N–H and O–H groups in total. The van der Waals surface area contributed by atoms with Crippen molar-refractivity contribution < 1.29 is 9.59 Å². The molecule has 7 nitrogen and oxygen atoms in total. The summed E-state index contributed by atoms with van der Waals surface area (Å²) in [6.07, 6.45) is 3.96. The Morgan fingerprint density at radius 2 is 1.66 bits per heavy atom. The smallest absolute Gasteiger partial charge is 0.267 e. The lowest BCUT2D eigenvalue weighted by atomic mass is 10.1. The topological polar surface area (TPSA) is 88.4 Å². The van der Waals surface area contributed by atoms with Crippen LogP contribution in [0.4, 0.5) is 0 Å². The van der Waals surface area contributed by atoms with E-state index in [-0.39, 0.29) is 5.56 Å². The maximum atomic E-state index is 12.6. The molecule has 2 amide bonds. The Morgan fingerprint density at radius 1 is 0.931 bits per heavy atom. The minimum atomic E-state index is -0.490. The second-order valence-electron chi connectivity index (χ2n) is 6.45. The third-order valence-electron chi connectivity index (χ3n) is 4.63. The van der Waals surface area contributed by atoms with Crippen molar-refractivity contribution in [3.8, 4) is 11.3 Å². The van der Waals surface area contributed by atoms with Crippen LogP contribution in [0.3, 0.4) is 0 Å². The van der Waals surface area contributed by atoms with Gasteiger partial charge >= 0.3 is 0 Å². The average molecular weight is 385 g/mol. The molecule has 144 valence electrons. The van der Waals surface area contributed by atoms with Crippen LogP contribution in [0.5, 0.6) is 0 Å². The third-order valence-corrected chi connectivity index (χ3v) is 4.63. The first-order valence-corrected chi connectivity index (χ1v) is 9.25. The molecule has 0 aliphatic carbocycles. The van der Waals surface area contributed by atoms with Crippen molar-refractivity contribution >= 4 is 17.5 Å². The van der Waals surface area contributed by atoms with Crippen LogP contribution in [0.25, 0.3) is 16.9 Å². The summed E-state index contributed by atoms with van der Waals surface area (Å²) in [6, 6.07) is 18.8. The quantitative estimate of drug-likeness (QED) is 0.529. The van der Waals surface area contributed by atoms with E-state index in [0.717, 1.165) is 23.2 Å². The van der Waals surface area contributed by atoms with Gasteiger partial charge in [0, 0.05) is 17.3 Å². The van der Waals surface area contributed by atoms with Crippen LogP contribution >= 0.6 is 0 Å². The van der Waals surface area contributed by atoms with Gasteiger partial charge in [-0.1, -0.05) is 49.4 Å². The van der Waals surface area contributed by atoms with Crippen LogP contribution in [0, 0.1) is 0 Å². The van der Waals surface area contributed by atoms with E-state index in [9.17, 15) is 9.59 Å². The normalized spacial score (nSPS) is 10.7. The number of benzene rings is 2. The molecule has 4 aromatic rings. The van der Waals surface area contributed by atoms with Crippen molar-refractivity contribution in [2.24, 2.45) is 0 Å². The Hall–Kier alpha value is -4.00. The first-order valence-electron chi connectivity index (χ1n) is 9.25. The van der Waals surface area contributed by atoms with Crippen LogP contribution in [-0.2, 0) is 6.42 Å². The van der Waals surface area contributed by atoms with Crippen LogP contribution in [0.1, 0.15) is 33.2 Å². The molecule has 2 aromatic carbocycles. The maximum Gasteiger partial charge on any atom is 0.275 e. The third kappa shape index (κ3) is 3.70. The van der Waals surface area contributed by atoms with E-state index < -0.39 is 11.8 Å². The van der Waals surface area contributed by atoms with Gasteiger partial charge in [-0.15, -0.1) is 0 Å². The van der Waals surface area contributed by atoms with Crippen LogP contribution < -0.4 is 10.9 Å². The number of fused-ring (bicyclic) bond motifs is 1. The van der Waals surface area contributed by atoms with Gasteiger partial charge < -0.3 is 0 Å². The summed E-state index contributed by atoms with van der Waals surface area (Å²) in [7, 11) is 0. The van der Waals surface area contributed by atoms with Gasteiger partial charge in [-0.05, 0) is 30.2 Å². The first-order chi connectivity index (χ1) is 14.2. The lowest BCUT2D eigenvalue weighted by Gasteiger charge is -2.08. The number of hydrazine groups is 1. The lowest BCUT2D eigenvalue weighted by Crippen LogP contribution is -2.41. The first kappa shape index (κ1) is 18.4. The van der Waals surface area contributed by atoms with E-state index in [1.54, 1.807) is 22.8 Å². The Kier molecular flexibility index (Phi) is 5.03. The number of nitrogens with zero attached hydrogens (tertiary/aromatic N) is 3. The molecule has 0 saturated heterocycles. The Balaban J connectivity index is 1.52. The minimum absolute atomic E-state index is 0.268. The predicted molar refractivity (Wildman–Crippen MR) is 109 cm³/mol. The number of rotatable bonds is 4. The molecule has 0 aliphatic heterocycles. The highest BCUT2D eigenvalue weighted by atomic mass is 16.2. The Morgan fingerprint density at radius 3 is 2.38 bits per heavy atom. The summed E-state index contributed by atoms with van der Waals surface area (Å²) in [5.41, 5.74) is 8.91. The van der Waals surface area contributed by atoms with Gasteiger partial charge in [0.15, 0.2) is 5.65 Å². The number of hydrogen-bond acceptors (Lipinski definition) is 4. The molecule has 0 bridgehead atoms. The summed E-state index contributed by atoms with van der Waals surface area (Å²) < 4.78 is 1.61. The SMILES string of the molecule is CCc1ccc(C(=O)NNC(=O)c2cnn3c(-c4ccccc4)ccnc23)cc1. The number of amides is 2. The fourth-order valence-corrected chi connectivity index (χ4v) is 3.02. The summed E-state index contributed by atoms with van der Waals surface area (Å²) in [5, 5.41) is 4.30. The second-order valence-corrected chi connectivity index (χ2v) is 6.45. The molecular formula is C22H19N5O2. The number of aromatic nitrogens is 3. The monoisotopic (exact) mass is 385 g/mol. The number of hydrogen-bond donors (Lipinski definition) is 2. The van der Waals surface area contributed by atoms with Gasteiger partial charge in [0.25, 0.3) is 11.8 Å². The zero-order valence-electron chi connectivity index (χ0n) is 15.8. The molecule has 0 atom stereocenters. The van der Waals surface area contributed by atoms with Gasteiger partial charge in [-0.3, -0.25) is 20.4 Å². The number of carbonyl (C=O) groups excluding carboxylic acids is 2. The highest BCUT2D eigenvalue weighted by Crippen LogP contribution is 2.20. The molecule has 0 radical (unpaired) electrons. The highest BCUT2D eigenvalue weighted by Gasteiger charge is 2.17. The summed E-state index contributed by atoms with van der Waals surface area (Å²) in [5.74, 6) is -0.883. The molecule has 4 rings (SSSR count). The van der Waals surface area contributed by atoms with Gasteiger partial charge in [-0.25, -0.2) is 9.50 Å². The van der Waals surface area contributed by atoms with Crippen molar-refractivity contribution in [1.82, 2.24) is 25.4 Å². The fraction of sp³-hybridized carbons (Fsp3) is 0.0909. The number of aryl methyl sites for hydroxylation is 1. The van der Waals surface area contributed by atoms with E-state index >= 15 is 0 Å². The molecule has 0 saturated carbocycles. The number of carbonyl (C=O) groups is 2. The van der Waals surface area contributed by atoms with Crippen molar-refractivity contribution in [2.45, 2.75) is 13.3 Å². The molecular weight excluding hydrogens is 366 g/mol. The van der Waals surface area contributed by atoms with Gasteiger partial charge in [0.05, 0.1) is 11.9 Å². The van der Waals surface area contributed by atoms with E-state index in [0.29, 0.717) is 11.2 Å². The zero-order chi connectivity index (χ0) is 20.2. The largest absolute Gasteiger partial charge is 0.275 e. The Bertz CT molecular complexity index is 1170. The fourth-order valence-electron chi connectivity index (χ4n) is 3.02. The highest BCUT2D eigenvalue weighted by molar-refractivity contribution is 6.02. The van der Waals surface area contributed by atoms with E-state index in [1.807, 2.05) is 55.5 Å². The van der Waals surface area contributed by atoms with Gasteiger partial charge in [0.2, 0.25) is 0 Å². The molecule has 0 fully saturated rings. The van der Waals surface area contributed by atoms with Crippen molar-refractivity contribution in [1.29, 1.82) is 0 Å². The molecule has 2 aromatic heterocycles. The standard InChI is InChI=1S/C22H19N5O2/c1-2-15-8-10-17(11-9-15)21(28)25-26-22(29)18-14-24-27-19(12-13-23-20(18)27)16-6-4-3-5-7-16/h3-14H,2H2,1H3,(H,25,28)(H,26,29). The van der Waals surface area contributed by atoms with Gasteiger partial charge in [0.1, 0.15) is 5.56 Å². The molecule has 2 heterocycles. The molecule has 7 heteroatoms. The summed E-state index contributed by atoms with van der Waals surface area (Å²) in [4.78, 5) is 29.1. The zero-order valence-corrected chi connectivity index (χ0v) is 15.8.